The fourth-order valence-corrected chi connectivity index (χ4v) is 4.33. The Morgan fingerprint density at radius 1 is 1.22 bits per heavy atom. The smallest absolute Gasteiger partial charge is 0.255 e. The number of thiazole rings is 1. The van der Waals surface area contributed by atoms with Gasteiger partial charge < -0.3 is 10.3 Å². The molecule has 3 heterocycles. The highest BCUT2D eigenvalue weighted by Crippen LogP contribution is 2.27. The van der Waals surface area contributed by atoms with Gasteiger partial charge >= 0.3 is 0 Å². The monoisotopic (exact) mass is 485 g/mol. The number of aromatic nitrogens is 4. The molecule has 0 aliphatic carbocycles. The van der Waals surface area contributed by atoms with E-state index >= 15 is 0 Å². The zero-order chi connectivity index (χ0) is 22.7. The lowest BCUT2D eigenvalue weighted by Crippen LogP contribution is -2.23. The molecular weight excluding hydrogens is 469 g/mol. The summed E-state index contributed by atoms with van der Waals surface area (Å²) in [5.74, 6) is 0.0604. The van der Waals surface area contributed by atoms with Crippen molar-refractivity contribution in [3.8, 4) is 11.4 Å². The van der Waals surface area contributed by atoms with Gasteiger partial charge in [0.25, 0.3) is 5.56 Å². The Hall–Kier alpha value is -3.07. The summed E-state index contributed by atoms with van der Waals surface area (Å²) in [6.45, 7) is 1.70. The van der Waals surface area contributed by atoms with Crippen LogP contribution < -0.4 is 10.9 Å². The molecule has 10 heteroatoms. The van der Waals surface area contributed by atoms with Crippen molar-refractivity contribution in [1.29, 1.82) is 0 Å². The van der Waals surface area contributed by atoms with Crippen molar-refractivity contribution < 1.29 is 4.79 Å². The van der Waals surface area contributed by atoms with Crippen LogP contribution in [0.5, 0.6) is 0 Å². The van der Waals surface area contributed by atoms with Crippen LogP contribution >= 0.6 is 34.5 Å². The average Bonchev–Trinajstić information content (AvgIpc) is 3.20. The number of hydrogen-bond donors (Lipinski definition) is 2. The molecule has 1 amide bonds. The molecule has 0 bridgehead atoms. The first kappa shape index (κ1) is 22.1. The minimum atomic E-state index is -0.359. The van der Waals surface area contributed by atoms with E-state index in [1.54, 1.807) is 55.8 Å². The number of carbonyl (C=O) groups is 1. The van der Waals surface area contributed by atoms with Gasteiger partial charge in [-0.2, -0.15) is 0 Å². The topological polar surface area (TPSA) is 101 Å². The van der Waals surface area contributed by atoms with Gasteiger partial charge in [-0.05, 0) is 42.8 Å². The summed E-state index contributed by atoms with van der Waals surface area (Å²) >= 11 is 13.6. The number of benzene rings is 1. The van der Waals surface area contributed by atoms with Crippen LogP contribution in [0.15, 0.2) is 53.7 Å². The van der Waals surface area contributed by atoms with E-state index in [0.717, 1.165) is 10.4 Å². The second-order valence-corrected chi connectivity index (χ2v) is 8.95. The van der Waals surface area contributed by atoms with E-state index in [1.807, 2.05) is 0 Å². The second-order valence-electron chi connectivity index (χ2n) is 6.99. The van der Waals surface area contributed by atoms with Crippen LogP contribution in [0.2, 0.25) is 10.0 Å². The number of nitrogens with one attached hydrogen (secondary N) is 2. The maximum Gasteiger partial charge on any atom is 0.255 e. The fourth-order valence-electron chi connectivity index (χ4n) is 3.10. The van der Waals surface area contributed by atoms with Gasteiger partial charge in [-0.3, -0.25) is 14.6 Å². The van der Waals surface area contributed by atoms with Crippen LogP contribution in [0.4, 0.5) is 5.13 Å². The van der Waals surface area contributed by atoms with Crippen LogP contribution in [-0.2, 0) is 17.6 Å². The lowest BCUT2D eigenvalue weighted by molar-refractivity contribution is -0.115. The minimum Gasteiger partial charge on any atom is -0.306 e. The standard InChI is InChI=1S/C22H17Cl2N5O2S/c1-12-17(21(31)29-20(27-12)13-3-2-6-25-10-13)9-19(30)28-22-26-11-16(32-22)8-14-7-15(23)4-5-18(14)24/h2-7,10-11H,8-9H2,1H3,(H,26,28,30)(H,27,29,31). The predicted octanol–water partition coefficient (Wildman–Crippen LogP) is 4.68. The van der Waals surface area contributed by atoms with E-state index < -0.39 is 0 Å². The summed E-state index contributed by atoms with van der Waals surface area (Å²) in [7, 11) is 0. The van der Waals surface area contributed by atoms with Crippen LogP contribution in [0.25, 0.3) is 11.4 Å². The normalized spacial score (nSPS) is 10.8. The van der Waals surface area contributed by atoms with Gasteiger partial charge in [0.2, 0.25) is 5.91 Å². The number of anilines is 1. The van der Waals surface area contributed by atoms with E-state index in [-0.39, 0.29) is 17.9 Å². The summed E-state index contributed by atoms with van der Waals surface area (Å²) in [6.07, 6.45) is 5.36. The van der Waals surface area contributed by atoms with Crippen molar-refractivity contribution in [3.63, 3.8) is 0 Å². The number of aryl methyl sites for hydroxylation is 1. The maximum atomic E-state index is 12.6. The van der Waals surface area contributed by atoms with Crippen molar-refractivity contribution >= 4 is 45.6 Å². The summed E-state index contributed by atoms with van der Waals surface area (Å²) < 4.78 is 0. The summed E-state index contributed by atoms with van der Waals surface area (Å²) in [4.78, 5) is 41.4. The number of H-pyrrole nitrogens is 1. The van der Waals surface area contributed by atoms with E-state index in [0.29, 0.717) is 44.2 Å². The molecule has 4 rings (SSSR count). The van der Waals surface area contributed by atoms with Crippen LogP contribution in [0, 0.1) is 6.92 Å². The van der Waals surface area contributed by atoms with E-state index in [1.165, 1.54) is 11.3 Å². The average molecular weight is 486 g/mol. The lowest BCUT2D eigenvalue weighted by atomic mass is 10.1. The zero-order valence-corrected chi connectivity index (χ0v) is 19.2. The van der Waals surface area contributed by atoms with Gasteiger partial charge in [-0.25, -0.2) is 9.97 Å². The first-order valence-electron chi connectivity index (χ1n) is 9.57. The van der Waals surface area contributed by atoms with Gasteiger partial charge in [-0.1, -0.05) is 23.2 Å². The third-order valence-electron chi connectivity index (χ3n) is 4.67. The fraction of sp³-hybridized carbons (Fsp3) is 0.136. The molecule has 0 unspecified atom stereocenters. The number of aromatic amines is 1. The Labute approximate surface area is 197 Å². The molecule has 0 aliphatic rings. The van der Waals surface area contributed by atoms with Crippen LogP contribution in [-0.4, -0.2) is 25.8 Å². The first-order valence-corrected chi connectivity index (χ1v) is 11.1. The molecule has 0 saturated heterocycles. The van der Waals surface area contributed by atoms with Crippen molar-refractivity contribution in [3.05, 3.63) is 91.0 Å². The highest BCUT2D eigenvalue weighted by molar-refractivity contribution is 7.15. The van der Waals surface area contributed by atoms with E-state index in [2.05, 4.69) is 25.3 Å². The van der Waals surface area contributed by atoms with Gasteiger partial charge in [0.1, 0.15) is 5.82 Å². The summed E-state index contributed by atoms with van der Waals surface area (Å²) in [6, 6.07) is 8.84. The molecule has 0 radical (unpaired) electrons. The SMILES string of the molecule is Cc1nc(-c2cccnc2)[nH]c(=O)c1CC(=O)Nc1ncc(Cc2cc(Cl)ccc2Cl)s1. The van der Waals surface area contributed by atoms with Crippen LogP contribution in [0.3, 0.4) is 0 Å². The molecule has 7 nitrogen and oxygen atoms in total. The third kappa shape index (κ3) is 5.21. The molecule has 4 aromatic rings. The highest BCUT2D eigenvalue weighted by atomic mass is 35.5. The number of carbonyl (C=O) groups excluding carboxylic acids is 1. The molecule has 0 saturated carbocycles. The number of halogens is 2. The molecular formula is C22H17Cl2N5O2S. The largest absolute Gasteiger partial charge is 0.306 e. The number of hydrogen-bond acceptors (Lipinski definition) is 6. The summed E-state index contributed by atoms with van der Waals surface area (Å²) in [5, 5.41) is 4.40. The molecule has 0 spiro atoms. The molecule has 162 valence electrons. The predicted molar refractivity (Wildman–Crippen MR) is 127 cm³/mol. The molecule has 32 heavy (non-hydrogen) atoms. The Morgan fingerprint density at radius 2 is 2.06 bits per heavy atom. The van der Waals surface area contributed by atoms with Crippen LogP contribution in [0.1, 0.15) is 21.7 Å². The van der Waals surface area contributed by atoms with Crippen molar-refractivity contribution in [1.82, 2.24) is 19.9 Å². The number of pyridine rings is 1. The van der Waals surface area contributed by atoms with Gasteiger partial charge in [0, 0.05) is 56.8 Å². The zero-order valence-electron chi connectivity index (χ0n) is 16.9. The lowest BCUT2D eigenvalue weighted by Gasteiger charge is -2.07. The van der Waals surface area contributed by atoms with Gasteiger partial charge in [0.05, 0.1) is 6.42 Å². The van der Waals surface area contributed by atoms with Crippen molar-refractivity contribution in [2.75, 3.05) is 5.32 Å². The van der Waals surface area contributed by atoms with Crippen molar-refractivity contribution in [2.45, 2.75) is 19.8 Å². The second kappa shape index (κ2) is 9.60. The Kier molecular flexibility index (Phi) is 6.64. The molecule has 1 aromatic carbocycles. The Morgan fingerprint density at radius 3 is 2.81 bits per heavy atom. The first-order chi connectivity index (χ1) is 15.4. The Bertz CT molecular complexity index is 1340. The van der Waals surface area contributed by atoms with Gasteiger partial charge in [0.15, 0.2) is 5.13 Å². The van der Waals surface area contributed by atoms with E-state index in [9.17, 15) is 9.59 Å². The molecule has 0 atom stereocenters. The Balaban J connectivity index is 1.44. The van der Waals surface area contributed by atoms with Gasteiger partial charge in [-0.15, -0.1) is 11.3 Å². The minimum absolute atomic E-state index is 0.115. The molecule has 2 N–H and O–H groups in total. The van der Waals surface area contributed by atoms with Crippen molar-refractivity contribution in [2.24, 2.45) is 0 Å². The number of nitrogens with zero attached hydrogens (tertiary/aromatic N) is 3. The molecule has 0 aliphatic heterocycles. The maximum absolute atomic E-state index is 12.6. The number of rotatable bonds is 6. The number of amides is 1. The quantitative estimate of drug-likeness (QED) is 0.412. The van der Waals surface area contributed by atoms with E-state index in [4.69, 9.17) is 23.2 Å². The third-order valence-corrected chi connectivity index (χ3v) is 6.18. The molecule has 3 aromatic heterocycles. The highest BCUT2D eigenvalue weighted by Gasteiger charge is 2.15. The summed E-state index contributed by atoms with van der Waals surface area (Å²) in [5.41, 5.74) is 2.00. The molecule has 0 fully saturated rings.